The SMILES string of the molecule is CCOc1ccccc1CCC(=O)N1CCC(S(=O)(=O)c2ccc(OC)cc2)CC1. The lowest BCUT2D eigenvalue weighted by atomic mass is 10.1. The van der Waals surface area contributed by atoms with Gasteiger partial charge in [0.2, 0.25) is 5.91 Å². The van der Waals surface area contributed by atoms with Crippen LogP contribution in [0, 0.1) is 0 Å². The van der Waals surface area contributed by atoms with Crippen molar-refractivity contribution < 1.29 is 22.7 Å². The Morgan fingerprint density at radius 3 is 2.37 bits per heavy atom. The zero-order valence-corrected chi connectivity index (χ0v) is 18.4. The van der Waals surface area contributed by atoms with Crippen LogP contribution in [0.3, 0.4) is 0 Å². The summed E-state index contributed by atoms with van der Waals surface area (Å²) in [7, 11) is -1.87. The third-order valence-corrected chi connectivity index (χ3v) is 7.78. The second-order valence-corrected chi connectivity index (χ2v) is 9.57. The van der Waals surface area contributed by atoms with Crippen LogP contribution < -0.4 is 9.47 Å². The number of likely N-dealkylation sites (tertiary alicyclic amines) is 1. The van der Waals surface area contributed by atoms with Gasteiger partial charge in [-0.25, -0.2) is 8.42 Å². The third kappa shape index (κ3) is 5.14. The van der Waals surface area contributed by atoms with Crippen LogP contribution in [0.2, 0.25) is 0 Å². The summed E-state index contributed by atoms with van der Waals surface area (Å²) in [5, 5.41) is -0.464. The first-order valence-corrected chi connectivity index (χ1v) is 11.9. The molecule has 0 aromatic heterocycles. The molecule has 162 valence electrons. The van der Waals surface area contributed by atoms with E-state index in [0.29, 0.717) is 56.0 Å². The molecule has 2 aromatic rings. The van der Waals surface area contributed by atoms with Crippen LogP contribution in [-0.2, 0) is 21.1 Å². The monoisotopic (exact) mass is 431 g/mol. The van der Waals surface area contributed by atoms with Crippen molar-refractivity contribution in [2.75, 3.05) is 26.8 Å². The number of methoxy groups -OCH3 is 1. The van der Waals surface area contributed by atoms with Gasteiger partial charge in [-0.3, -0.25) is 4.79 Å². The molecule has 2 aromatic carbocycles. The molecule has 1 amide bonds. The van der Waals surface area contributed by atoms with Crippen molar-refractivity contribution in [3.63, 3.8) is 0 Å². The lowest BCUT2D eigenvalue weighted by molar-refractivity contribution is -0.132. The third-order valence-electron chi connectivity index (χ3n) is 5.50. The van der Waals surface area contributed by atoms with Crippen LogP contribution in [0.1, 0.15) is 31.7 Å². The van der Waals surface area contributed by atoms with Crippen molar-refractivity contribution in [2.45, 2.75) is 42.8 Å². The van der Waals surface area contributed by atoms with Crippen molar-refractivity contribution in [1.82, 2.24) is 4.90 Å². The van der Waals surface area contributed by atoms with Gasteiger partial charge in [-0.15, -0.1) is 0 Å². The number of ether oxygens (including phenoxy) is 2. The molecule has 1 aliphatic rings. The van der Waals surface area contributed by atoms with E-state index >= 15 is 0 Å². The second kappa shape index (κ2) is 9.98. The van der Waals surface area contributed by atoms with Gasteiger partial charge in [0.1, 0.15) is 11.5 Å². The summed E-state index contributed by atoms with van der Waals surface area (Å²) in [5.74, 6) is 1.50. The van der Waals surface area contributed by atoms with Crippen LogP contribution in [0.25, 0.3) is 0 Å². The summed E-state index contributed by atoms with van der Waals surface area (Å²) >= 11 is 0. The van der Waals surface area contributed by atoms with Gasteiger partial charge in [-0.1, -0.05) is 18.2 Å². The number of rotatable bonds is 8. The van der Waals surface area contributed by atoms with Crippen LogP contribution in [-0.4, -0.2) is 51.3 Å². The van der Waals surface area contributed by atoms with Gasteiger partial charge in [0.05, 0.1) is 23.9 Å². The Morgan fingerprint density at radius 2 is 1.73 bits per heavy atom. The molecule has 1 fully saturated rings. The fourth-order valence-corrected chi connectivity index (χ4v) is 5.51. The molecule has 0 N–H and O–H groups in total. The van der Waals surface area contributed by atoms with E-state index in [1.807, 2.05) is 31.2 Å². The number of carbonyl (C=O) groups excluding carboxylic acids is 1. The molecule has 1 heterocycles. The second-order valence-electron chi connectivity index (χ2n) is 7.34. The average Bonchev–Trinajstić information content (AvgIpc) is 2.78. The number of sulfone groups is 1. The van der Waals surface area contributed by atoms with Gasteiger partial charge >= 0.3 is 0 Å². The summed E-state index contributed by atoms with van der Waals surface area (Å²) in [6.45, 7) is 3.45. The minimum absolute atomic E-state index is 0.0570. The number of piperidine rings is 1. The maximum atomic E-state index is 12.9. The summed E-state index contributed by atoms with van der Waals surface area (Å²) in [6, 6.07) is 14.2. The topological polar surface area (TPSA) is 72.9 Å². The van der Waals surface area contributed by atoms with E-state index in [4.69, 9.17) is 9.47 Å². The molecule has 1 saturated heterocycles. The summed E-state index contributed by atoms with van der Waals surface area (Å²) in [4.78, 5) is 14.7. The fraction of sp³-hybridized carbons (Fsp3) is 0.435. The minimum atomic E-state index is -3.41. The Morgan fingerprint density at radius 1 is 1.07 bits per heavy atom. The molecular weight excluding hydrogens is 402 g/mol. The largest absolute Gasteiger partial charge is 0.497 e. The number of amides is 1. The first kappa shape index (κ1) is 22.2. The lowest BCUT2D eigenvalue weighted by Crippen LogP contribution is -2.42. The molecule has 0 spiro atoms. The molecular formula is C23H29NO5S. The Balaban J connectivity index is 1.55. The summed E-state index contributed by atoms with van der Waals surface area (Å²) in [5.41, 5.74) is 1.02. The van der Waals surface area contributed by atoms with Crippen LogP contribution in [0.4, 0.5) is 0 Å². The Hall–Kier alpha value is -2.54. The predicted octanol–water partition coefficient (Wildman–Crippen LogP) is 3.49. The highest BCUT2D eigenvalue weighted by atomic mass is 32.2. The van der Waals surface area contributed by atoms with Gasteiger partial charge in [-0.2, -0.15) is 0 Å². The van der Waals surface area contributed by atoms with Gasteiger partial charge in [0.15, 0.2) is 9.84 Å². The highest BCUT2D eigenvalue weighted by molar-refractivity contribution is 7.92. The number of hydrogen-bond acceptors (Lipinski definition) is 5. The molecule has 1 aliphatic heterocycles. The molecule has 3 rings (SSSR count). The van der Waals surface area contributed by atoms with Gasteiger partial charge in [0, 0.05) is 19.5 Å². The van der Waals surface area contributed by atoms with E-state index in [1.165, 1.54) is 0 Å². The number of para-hydroxylation sites is 1. The summed E-state index contributed by atoms with van der Waals surface area (Å²) < 4.78 is 36.5. The number of hydrogen-bond donors (Lipinski definition) is 0. The maximum Gasteiger partial charge on any atom is 0.222 e. The van der Waals surface area contributed by atoms with Crippen LogP contribution >= 0.6 is 0 Å². The first-order valence-electron chi connectivity index (χ1n) is 10.3. The highest BCUT2D eigenvalue weighted by Crippen LogP contribution is 2.27. The fourth-order valence-electron chi connectivity index (χ4n) is 3.78. The zero-order valence-electron chi connectivity index (χ0n) is 17.5. The van der Waals surface area contributed by atoms with E-state index in [9.17, 15) is 13.2 Å². The van der Waals surface area contributed by atoms with E-state index in [0.717, 1.165) is 11.3 Å². The molecule has 0 aliphatic carbocycles. The number of carbonyl (C=O) groups is 1. The average molecular weight is 432 g/mol. The van der Waals surface area contributed by atoms with E-state index < -0.39 is 15.1 Å². The quantitative estimate of drug-likeness (QED) is 0.640. The minimum Gasteiger partial charge on any atom is -0.497 e. The number of aryl methyl sites for hydroxylation is 1. The van der Waals surface area contributed by atoms with Crippen molar-refractivity contribution in [3.05, 3.63) is 54.1 Å². The molecule has 0 atom stereocenters. The van der Waals surface area contributed by atoms with E-state index in [1.54, 1.807) is 36.3 Å². The Kier molecular flexibility index (Phi) is 7.37. The van der Waals surface area contributed by atoms with Crippen molar-refractivity contribution in [2.24, 2.45) is 0 Å². The molecule has 7 heteroatoms. The van der Waals surface area contributed by atoms with Gasteiger partial charge < -0.3 is 14.4 Å². The van der Waals surface area contributed by atoms with Crippen LogP contribution in [0.15, 0.2) is 53.4 Å². The smallest absolute Gasteiger partial charge is 0.222 e. The number of nitrogens with zero attached hydrogens (tertiary/aromatic N) is 1. The standard InChI is InChI=1S/C23H29NO5S/c1-3-29-22-7-5-4-6-18(22)8-13-23(25)24-16-14-21(15-17-24)30(26,27)20-11-9-19(28-2)10-12-20/h4-7,9-12,21H,3,8,13-17H2,1-2H3. The normalized spacial score (nSPS) is 15.1. The lowest BCUT2D eigenvalue weighted by Gasteiger charge is -2.32. The van der Waals surface area contributed by atoms with Crippen molar-refractivity contribution in [1.29, 1.82) is 0 Å². The zero-order chi connectivity index (χ0) is 21.6. The van der Waals surface area contributed by atoms with Crippen LogP contribution in [0.5, 0.6) is 11.5 Å². The Labute approximate surface area is 178 Å². The van der Waals surface area contributed by atoms with E-state index in [2.05, 4.69) is 0 Å². The molecule has 0 saturated carbocycles. The maximum absolute atomic E-state index is 12.9. The first-order chi connectivity index (χ1) is 14.5. The molecule has 6 nitrogen and oxygen atoms in total. The van der Waals surface area contributed by atoms with Gasteiger partial charge in [-0.05, 0) is 62.1 Å². The van der Waals surface area contributed by atoms with Gasteiger partial charge in [0.25, 0.3) is 0 Å². The molecule has 30 heavy (non-hydrogen) atoms. The van der Waals surface area contributed by atoms with Crippen molar-refractivity contribution in [3.8, 4) is 11.5 Å². The highest BCUT2D eigenvalue weighted by Gasteiger charge is 2.32. The van der Waals surface area contributed by atoms with E-state index in [-0.39, 0.29) is 5.91 Å². The number of benzene rings is 2. The molecule has 0 radical (unpaired) electrons. The predicted molar refractivity (Wildman–Crippen MR) is 116 cm³/mol. The molecule has 0 bridgehead atoms. The Bertz CT molecular complexity index is 948. The molecule has 0 unspecified atom stereocenters. The van der Waals surface area contributed by atoms with Crippen molar-refractivity contribution >= 4 is 15.7 Å². The summed E-state index contributed by atoms with van der Waals surface area (Å²) in [6.07, 6.45) is 1.91.